The molecule has 1 N–H and O–H groups in total. The third kappa shape index (κ3) is 4.20. The van der Waals surface area contributed by atoms with E-state index in [1.165, 1.54) is 0 Å². The van der Waals surface area contributed by atoms with Crippen LogP contribution in [0.2, 0.25) is 0 Å². The Kier molecular flexibility index (Phi) is 5.58. The molecule has 4 heteroatoms. The van der Waals surface area contributed by atoms with Crippen LogP contribution in [0.5, 0.6) is 5.75 Å². The normalized spacial score (nSPS) is 10.6. The van der Waals surface area contributed by atoms with Gasteiger partial charge in [-0.25, -0.2) is 0 Å². The summed E-state index contributed by atoms with van der Waals surface area (Å²) < 4.78 is 7.58. The Bertz CT molecular complexity index is 635. The Morgan fingerprint density at radius 1 is 1.19 bits per heavy atom. The zero-order valence-electron chi connectivity index (χ0n) is 12.6. The first-order valence-corrected chi connectivity index (χ1v) is 7.30. The van der Waals surface area contributed by atoms with Crippen molar-refractivity contribution in [3.63, 3.8) is 0 Å². The summed E-state index contributed by atoms with van der Waals surface area (Å²) in [6.07, 6.45) is 1.78. The molecule has 0 aliphatic heterocycles. The summed E-state index contributed by atoms with van der Waals surface area (Å²) in [6.45, 7) is 6.87. The van der Waals surface area contributed by atoms with E-state index >= 15 is 0 Å². The number of ether oxygens (including phenoxy) is 1. The van der Waals surface area contributed by atoms with Gasteiger partial charge in [0, 0.05) is 24.4 Å². The molecule has 21 heavy (non-hydrogen) atoms. The number of pyridine rings is 1. The largest absolute Gasteiger partial charge is 0.491 e. The van der Waals surface area contributed by atoms with Crippen molar-refractivity contribution in [1.82, 2.24) is 9.88 Å². The second kappa shape index (κ2) is 7.64. The van der Waals surface area contributed by atoms with E-state index in [2.05, 4.69) is 18.3 Å². The quantitative estimate of drug-likeness (QED) is 0.849. The molecule has 1 aromatic carbocycles. The lowest BCUT2D eigenvalue weighted by Gasteiger charge is -2.15. The van der Waals surface area contributed by atoms with Crippen molar-refractivity contribution in [1.29, 1.82) is 0 Å². The van der Waals surface area contributed by atoms with Gasteiger partial charge in [-0.3, -0.25) is 4.79 Å². The summed E-state index contributed by atoms with van der Waals surface area (Å²) in [5, 5.41) is 3.31. The van der Waals surface area contributed by atoms with E-state index in [1.807, 2.05) is 25.1 Å². The highest BCUT2D eigenvalue weighted by molar-refractivity contribution is 5.40. The van der Waals surface area contributed by atoms with Crippen LogP contribution in [0, 0.1) is 6.92 Å². The standard InChI is InChI=1S/C17H22N2O2/c1-3-18-13-15-8-6-7-14(2)17(15)21-12-11-19-10-5-4-9-16(19)20/h4-10,18H,3,11-13H2,1-2H3. The third-order valence-electron chi connectivity index (χ3n) is 3.34. The van der Waals surface area contributed by atoms with Gasteiger partial charge in [-0.2, -0.15) is 0 Å². The van der Waals surface area contributed by atoms with Crippen LogP contribution in [0.1, 0.15) is 18.1 Å². The minimum Gasteiger partial charge on any atom is -0.491 e. The fraction of sp³-hybridized carbons (Fsp3) is 0.353. The smallest absolute Gasteiger partial charge is 0.250 e. The fourth-order valence-electron chi connectivity index (χ4n) is 2.21. The van der Waals surface area contributed by atoms with Crippen molar-refractivity contribution in [3.05, 3.63) is 64.1 Å². The number of aromatic nitrogens is 1. The Morgan fingerprint density at radius 3 is 2.81 bits per heavy atom. The SMILES string of the molecule is CCNCc1cccc(C)c1OCCn1ccccc1=O. The topological polar surface area (TPSA) is 43.3 Å². The van der Waals surface area contributed by atoms with Crippen LogP contribution in [0.25, 0.3) is 0 Å². The van der Waals surface area contributed by atoms with Crippen molar-refractivity contribution in [2.24, 2.45) is 0 Å². The highest BCUT2D eigenvalue weighted by Crippen LogP contribution is 2.23. The van der Waals surface area contributed by atoms with Crippen molar-refractivity contribution >= 4 is 0 Å². The minimum absolute atomic E-state index is 0.00115. The number of hydrogen-bond acceptors (Lipinski definition) is 3. The summed E-state index contributed by atoms with van der Waals surface area (Å²) in [7, 11) is 0. The average molecular weight is 286 g/mol. The van der Waals surface area contributed by atoms with Crippen molar-refractivity contribution in [3.8, 4) is 5.75 Å². The van der Waals surface area contributed by atoms with Gasteiger partial charge in [-0.15, -0.1) is 0 Å². The Morgan fingerprint density at radius 2 is 2.05 bits per heavy atom. The molecular formula is C17H22N2O2. The second-order valence-corrected chi connectivity index (χ2v) is 4.92. The highest BCUT2D eigenvalue weighted by atomic mass is 16.5. The Labute approximate surface area is 125 Å². The van der Waals surface area contributed by atoms with Gasteiger partial charge in [0.1, 0.15) is 12.4 Å². The molecule has 0 unspecified atom stereocenters. The average Bonchev–Trinajstić information content (AvgIpc) is 2.49. The molecule has 1 aromatic heterocycles. The van der Waals surface area contributed by atoms with Gasteiger partial charge in [0.05, 0.1) is 6.54 Å². The van der Waals surface area contributed by atoms with Crippen molar-refractivity contribution < 1.29 is 4.74 Å². The molecule has 0 bridgehead atoms. The van der Waals surface area contributed by atoms with Gasteiger partial charge in [0.15, 0.2) is 0 Å². The zero-order valence-corrected chi connectivity index (χ0v) is 12.6. The van der Waals surface area contributed by atoms with Gasteiger partial charge < -0.3 is 14.6 Å². The molecule has 112 valence electrons. The van der Waals surface area contributed by atoms with E-state index in [-0.39, 0.29) is 5.56 Å². The van der Waals surface area contributed by atoms with Crippen LogP contribution in [0.4, 0.5) is 0 Å². The molecular weight excluding hydrogens is 264 g/mol. The maximum absolute atomic E-state index is 11.6. The lowest BCUT2D eigenvalue weighted by Crippen LogP contribution is -2.21. The van der Waals surface area contributed by atoms with Gasteiger partial charge in [0.25, 0.3) is 5.56 Å². The Balaban J connectivity index is 2.02. The van der Waals surface area contributed by atoms with Gasteiger partial charge >= 0.3 is 0 Å². The molecule has 0 aliphatic rings. The van der Waals surface area contributed by atoms with Crippen molar-refractivity contribution in [2.75, 3.05) is 13.2 Å². The van der Waals surface area contributed by atoms with Crippen molar-refractivity contribution in [2.45, 2.75) is 26.9 Å². The molecule has 0 aliphatic carbocycles. The molecule has 0 spiro atoms. The first-order chi connectivity index (χ1) is 10.2. The van der Waals surface area contributed by atoms with E-state index in [0.717, 1.165) is 30.0 Å². The van der Waals surface area contributed by atoms with Gasteiger partial charge in [-0.05, 0) is 25.1 Å². The zero-order chi connectivity index (χ0) is 15.1. The maximum Gasteiger partial charge on any atom is 0.250 e. The molecule has 0 saturated carbocycles. The molecule has 0 atom stereocenters. The number of nitrogens with one attached hydrogen (secondary N) is 1. The number of nitrogens with zero attached hydrogens (tertiary/aromatic N) is 1. The minimum atomic E-state index is -0.00115. The van der Waals surface area contributed by atoms with Gasteiger partial charge in [-0.1, -0.05) is 31.2 Å². The first-order valence-electron chi connectivity index (χ1n) is 7.30. The predicted molar refractivity (Wildman–Crippen MR) is 84.8 cm³/mol. The summed E-state index contributed by atoms with van der Waals surface area (Å²) in [4.78, 5) is 11.6. The molecule has 0 saturated heterocycles. The summed E-state index contributed by atoms with van der Waals surface area (Å²) >= 11 is 0. The molecule has 2 aromatic rings. The number of aryl methyl sites for hydroxylation is 1. The van der Waals surface area contributed by atoms with Crippen LogP contribution in [-0.2, 0) is 13.1 Å². The summed E-state index contributed by atoms with van der Waals surface area (Å²) in [6, 6.07) is 11.3. The number of para-hydroxylation sites is 1. The second-order valence-electron chi connectivity index (χ2n) is 4.92. The number of hydrogen-bond donors (Lipinski definition) is 1. The molecule has 0 radical (unpaired) electrons. The van der Waals surface area contributed by atoms with Crippen LogP contribution in [0.15, 0.2) is 47.4 Å². The van der Waals surface area contributed by atoms with E-state index in [4.69, 9.17) is 4.74 Å². The van der Waals surface area contributed by atoms with Crippen LogP contribution >= 0.6 is 0 Å². The third-order valence-corrected chi connectivity index (χ3v) is 3.34. The van der Waals surface area contributed by atoms with Crippen LogP contribution in [-0.4, -0.2) is 17.7 Å². The fourth-order valence-corrected chi connectivity index (χ4v) is 2.21. The highest BCUT2D eigenvalue weighted by Gasteiger charge is 2.06. The summed E-state index contributed by atoms with van der Waals surface area (Å²) in [5.74, 6) is 0.919. The molecule has 1 heterocycles. The van der Waals surface area contributed by atoms with E-state index in [1.54, 1.807) is 22.9 Å². The number of benzene rings is 1. The molecule has 0 amide bonds. The first kappa shape index (κ1) is 15.3. The Hall–Kier alpha value is -2.07. The lowest BCUT2D eigenvalue weighted by molar-refractivity contribution is 0.291. The molecule has 0 fully saturated rings. The maximum atomic E-state index is 11.6. The van der Waals surface area contributed by atoms with Gasteiger partial charge in [0.2, 0.25) is 0 Å². The van der Waals surface area contributed by atoms with Crippen LogP contribution in [0.3, 0.4) is 0 Å². The predicted octanol–water partition coefficient (Wildman–Crippen LogP) is 2.35. The van der Waals surface area contributed by atoms with E-state index < -0.39 is 0 Å². The van der Waals surface area contributed by atoms with Crippen LogP contribution < -0.4 is 15.6 Å². The molecule has 4 nitrogen and oxygen atoms in total. The number of rotatable bonds is 7. The summed E-state index contributed by atoms with van der Waals surface area (Å²) in [5.41, 5.74) is 2.27. The lowest BCUT2D eigenvalue weighted by atomic mass is 10.1. The van der Waals surface area contributed by atoms with E-state index in [0.29, 0.717) is 13.2 Å². The molecule has 2 rings (SSSR count). The van der Waals surface area contributed by atoms with E-state index in [9.17, 15) is 4.79 Å². The monoisotopic (exact) mass is 286 g/mol.